The highest BCUT2D eigenvalue weighted by Gasteiger charge is 2.52. The van der Waals surface area contributed by atoms with Gasteiger partial charge in [0.2, 0.25) is 0 Å². The smallest absolute Gasteiger partial charge is 0.137 e. The van der Waals surface area contributed by atoms with Gasteiger partial charge >= 0.3 is 0 Å². The molecule has 0 spiro atoms. The van der Waals surface area contributed by atoms with E-state index < -0.39 is 5.60 Å². The van der Waals surface area contributed by atoms with Gasteiger partial charge in [0.1, 0.15) is 18.3 Å². The summed E-state index contributed by atoms with van der Waals surface area (Å²) in [6.45, 7) is 4.51. The van der Waals surface area contributed by atoms with Crippen molar-refractivity contribution in [3.8, 4) is 0 Å². The van der Waals surface area contributed by atoms with Crippen LogP contribution in [0.2, 0.25) is 0 Å². The fourth-order valence-electron chi connectivity index (χ4n) is 3.17. The second-order valence-corrected chi connectivity index (χ2v) is 6.87. The molecule has 1 unspecified atom stereocenters. The van der Waals surface area contributed by atoms with E-state index >= 15 is 0 Å². The highest BCUT2D eigenvalue weighted by Crippen LogP contribution is 2.53. The predicted octanol–water partition coefficient (Wildman–Crippen LogP) is 3.48. The van der Waals surface area contributed by atoms with E-state index in [1.54, 1.807) is 11.0 Å². The number of aromatic nitrogens is 3. The molecule has 1 atom stereocenters. The molecule has 1 aliphatic rings. The van der Waals surface area contributed by atoms with Crippen LogP contribution in [0.5, 0.6) is 0 Å². The van der Waals surface area contributed by atoms with Gasteiger partial charge < -0.3 is 5.11 Å². The van der Waals surface area contributed by atoms with E-state index in [-0.39, 0.29) is 5.41 Å². The van der Waals surface area contributed by atoms with Crippen molar-refractivity contribution in [2.24, 2.45) is 5.41 Å². The largest absolute Gasteiger partial charge is 0.383 e. The lowest BCUT2D eigenvalue weighted by Crippen LogP contribution is -2.45. The SMILES string of the molecule is CC1(C)CCC(=C(Cl)c2ccccc2)C1(O)Cn1cncn1. The molecular weight excluding hydrogens is 298 g/mol. The third kappa shape index (κ3) is 2.46. The maximum Gasteiger partial charge on any atom is 0.137 e. The molecule has 1 aliphatic carbocycles. The molecule has 0 aliphatic heterocycles. The van der Waals surface area contributed by atoms with E-state index in [0.29, 0.717) is 11.6 Å². The second-order valence-electron chi connectivity index (χ2n) is 6.50. The van der Waals surface area contributed by atoms with Crippen molar-refractivity contribution in [1.29, 1.82) is 0 Å². The van der Waals surface area contributed by atoms with Crippen molar-refractivity contribution < 1.29 is 5.11 Å². The molecule has 2 aromatic rings. The quantitative estimate of drug-likeness (QED) is 0.943. The molecular formula is C17H20ClN3O. The normalized spacial score (nSPS) is 26.2. The van der Waals surface area contributed by atoms with Crippen LogP contribution in [-0.4, -0.2) is 25.5 Å². The van der Waals surface area contributed by atoms with Crippen molar-refractivity contribution in [3.05, 3.63) is 54.1 Å². The first-order valence-electron chi connectivity index (χ1n) is 7.43. The molecule has 3 rings (SSSR count). The van der Waals surface area contributed by atoms with Crippen LogP contribution in [0.15, 0.2) is 48.6 Å². The Kier molecular flexibility index (Phi) is 3.83. The van der Waals surface area contributed by atoms with E-state index in [0.717, 1.165) is 24.0 Å². The van der Waals surface area contributed by atoms with E-state index in [9.17, 15) is 5.11 Å². The van der Waals surface area contributed by atoms with Gasteiger partial charge in [-0.3, -0.25) is 0 Å². The Bertz CT molecular complexity index is 679. The van der Waals surface area contributed by atoms with Crippen LogP contribution in [0, 0.1) is 5.41 Å². The number of benzene rings is 1. The Balaban J connectivity index is 2.06. The molecule has 1 aromatic carbocycles. The minimum Gasteiger partial charge on any atom is -0.383 e. The number of nitrogens with zero attached hydrogens (tertiary/aromatic N) is 3. The summed E-state index contributed by atoms with van der Waals surface area (Å²) in [5.41, 5.74) is 0.520. The molecule has 0 saturated heterocycles. The van der Waals surface area contributed by atoms with Crippen LogP contribution >= 0.6 is 11.6 Å². The van der Waals surface area contributed by atoms with Gasteiger partial charge in [0.25, 0.3) is 0 Å². The molecule has 5 heteroatoms. The number of aliphatic hydroxyl groups is 1. The van der Waals surface area contributed by atoms with Crippen LogP contribution in [0.3, 0.4) is 0 Å². The second kappa shape index (κ2) is 5.52. The highest BCUT2D eigenvalue weighted by molar-refractivity contribution is 6.49. The van der Waals surface area contributed by atoms with Gasteiger partial charge in [-0.15, -0.1) is 0 Å². The van der Waals surface area contributed by atoms with Crippen LogP contribution in [-0.2, 0) is 6.54 Å². The fourth-order valence-corrected chi connectivity index (χ4v) is 3.54. The summed E-state index contributed by atoms with van der Waals surface area (Å²) >= 11 is 6.64. The molecule has 1 N–H and O–H groups in total. The maximum atomic E-state index is 11.5. The Hall–Kier alpha value is -1.65. The number of hydrogen-bond acceptors (Lipinski definition) is 3. The zero-order chi connectivity index (χ0) is 15.8. The molecule has 116 valence electrons. The van der Waals surface area contributed by atoms with Crippen LogP contribution in [0.25, 0.3) is 5.03 Å². The standard InChI is InChI=1S/C17H20ClN3O/c1-16(2)9-8-14(15(18)13-6-4-3-5-7-13)17(16,22)10-21-12-19-11-20-21/h3-7,11-12,22H,8-10H2,1-2H3. The summed E-state index contributed by atoms with van der Waals surface area (Å²) in [5, 5.41) is 16.2. The zero-order valence-corrected chi connectivity index (χ0v) is 13.6. The van der Waals surface area contributed by atoms with Crippen LogP contribution < -0.4 is 0 Å². The van der Waals surface area contributed by atoms with Gasteiger partial charge in [-0.2, -0.15) is 5.10 Å². The van der Waals surface area contributed by atoms with Gasteiger partial charge in [0, 0.05) is 5.03 Å². The number of halogens is 1. The fraction of sp³-hybridized carbons (Fsp3) is 0.412. The molecule has 0 bridgehead atoms. The van der Waals surface area contributed by atoms with Crippen LogP contribution in [0.4, 0.5) is 0 Å². The van der Waals surface area contributed by atoms with Crippen molar-refractivity contribution in [2.75, 3.05) is 0 Å². The summed E-state index contributed by atoms with van der Waals surface area (Å²) in [4.78, 5) is 3.96. The maximum absolute atomic E-state index is 11.5. The first-order valence-corrected chi connectivity index (χ1v) is 7.81. The lowest BCUT2D eigenvalue weighted by atomic mass is 9.76. The van der Waals surface area contributed by atoms with E-state index in [1.807, 2.05) is 30.3 Å². The predicted molar refractivity (Wildman–Crippen MR) is 87.2 cm³/mol. The highest BCUT2D eigenvalue weighted by atomic mass is 35.5. The molecule has 1 fully saturated rings. The molecule has 22 heavy (non-hydrogen) atoms. The van der Waals surface area contributed by atoms with E-state index in [4.69, 9.17) is 11.6 Å². The molecule has 1 aromatic heterocycles. The van der Waals surface area contributed by atoms with E-state index in [2.05, 4.69) is 23.9 Å². The zero-order valence-electron chi connectivity index (χ0n) is 12.8. The van der Waals surface area contributed by atoms with Crippen LogP contribution in [0.1, 0.15) is 32.3 Å². The Morgan fingerprint density at radius 2 is 2.05 bits per heavy atom. The molecule has 4 nitrogen and oxygen atoms in total. The first-order chi connectivity index (χ1) is 10.4. The minimum atomic E-state index is -1.03. The third-order valence-corrected chi connectivity index (χ3v) is 5.21. The van der Waals surface area contributed by atoms with Crippen molar-refractivity contribution in [1.82, 2.24) is 14.8 Å². The summed E-state index contributed by atoms with van der Waals surface area (Å²) in [6, 6.07) is 9.80. The first kappa shape index (κ1) is 15.3. The van der Waals surface area contributed by atoms with Gasteiger partial charge in [0.05, 0.1) is 6.54 Å². The summed E-state index contributed by atoms with van der Waals surface area (Å²) in [7, 11) is 0. The average Bonchev–Trinajstić information content (AvgIpc) is 3.07. The van der Waals surface area contributed by atoms with Crippen molar-refractivity contribution in [3.63, 3.8) is 0 Å². The molecule has 0 radical (unpaired) electrons. The molecule has 0 amide bonds. The summed E-state index contributed by atoms with van der Waals surface area (Å²) in [5.74, 6) is 0. The summed E-state index contributed by atoms with van der Waals surface area (Å²) in [6.07, 6.45) is 4.77. The average molecular weight is 318 g/mol. The van der Waals surface area contributed by atoms with E-state index in [1.165, 1.54) is 6.33 Å². The van der Waals surface area contributed by atoms with Crippen molar-refractivity contribution in [2.45, 2.75) is 38.8 Å². The minimum absolute atomic E-state index is 0.275. The summed E-state index contributed by atoms with van der Waals surface area (Å²) < 4.78 is 1.67. The monoisotopic (exact) mass is 317 g/mol. The van der Waals surface area contributed by atoms with Gasteiger partial charge in [-0.1, -0.05) is 55.8 Å². The Morgan fingerprint density at radius 1 is 1.32 bits per heavy atom. The van der Waals surface area contributed by atoms with Crippen molar-refractivity contribution >= 4 is 16.6 Å². The number of hydrogen-bond donors (Lipinski definition) is 1. The van der Waals surface area contributed by atoms with Gasteiger partial charge in [-0.05, 0) is 29.4 Å². The topological polar surface area (TPSA) is 50.9 Å². The number of rotatable bonds is 3. The Labute approximate surface area is 135 Å². The lowest BCUT2D eigenvalue weighted by molar-refractivity contribution is -0.0299. The van der Waals surface area contributed by atoms with Gasteiger partial charge in [-0.25, -0.2) is 9.67 Å². The van der Waals surface area contributed by atoms with Gasteiger partial charge in [0.15, 0.2) is 0 Å². The lowest BCUT2D eigenvalue weighted by Gasteiger charge is -2.38. The molecule has 1 saturated carbocycles. The molecule has 1 heterocycles. The third-order valence-electron chi connectivity index (χ3n) is 4.77. The Morgan fingerprint density at radius 3 is 2.68 bits per heavy atom.